The van der Waals surface area contributed by atoms with Gasteiger partial charge in [-0.05, 0) is 43.4 Å². The lowest BCUT2D eigenvalue weighted by Crippen LogP contribution is -2.54. The summed E-state index contributed by atoms with van der Waals surface area (Å²) in [4.78, 5) is 25.5. The minimum atomic E-state index is -0.548. The Kier molecular flexibility index (Phi) is 5.64. The van der Waals surface area contributed by atoms with E-state index in [0.29, 0.717) is 37.1 Å². The van der Waals surface area contributed by atoms with Crippen LogP contribution in [0.15, 0.2) is 0 Å². The molecule has 2 fully saturated rings. The quantitative estimate of drug-likeness (QED) is 0.748. The molecule has 0 N–H and O–H groups in total. The number of nitrogens with zero attached hydrogens (tertiary/aromatic N) is 2. The number of hydrogen-bond acceptors (Lipinski definition) is 5. The second-order valence-corrected chi connectivity index (χ2v) is 6.29. The van der Waals surface area contributed by atoms with Gasteiger partial charge in [-0.1, -0.05) is 6.42 Å². The molecule has 1 amide bonds. The van der Waals surface area contributed by atoms with Gasteiger partial charge in [0.1, 0.15) is 6.04 Å². The van der Waals surface area contributed by atoms with Crippen LogP contribution < -0.4 is 0 Å². The number of amides is 1. The number of hydrogen-bond donors (Lipinski definition) is 0. The molecule has 0 bridgehead atoms. The first kappa shape index (κ1) is 16.6. The summed E-state index contributed by atoms with van der Waals surface area (Å²) >= 11 is 0. The fraction of sp³-hybridized carbons (Fsp3) is 0.812. The van der Waals surface area contributed by atoms with Crippen LogP contribution >= 0.6 is 0 Å². The van der Waals surface area contributed by atoms with Crippen molar-refractivity contribution in [3.8, 4) is 6.07 Å². The summed E-state index contributed by atoms with van der Waals surface area (Å²) in [5.41, 5.74) is 0. The summed E-state index contributed by atoms with van der Waals surface area (Å²) in [6.45, 7) is 0.558. The normalized spacial score (nSPS) is 30.9. The molecule has 1 aliphatic heterocycles. The number of piperidine rings is 1. The molecule has 2 aliphatic rings. The van der Waals surface area contributed by atoms with Gasteiger partial charge in [-0.15, -0.1) is 0 Å². The number of carbonyl (C=O) groups is 2. The molecule has 0 aromatic heterocycles. The van der Waals surface area contributed by atoms with Crippen molar-refractivity contribution in [2.45, 2.75) is 44.6 Å². The number of carbonyl (C=O) groups excluding carboxylic acids is 2. The third-order valence-electron chi connectivity index (χ3n) is 5.13. The van der Waals surface area contributed by atoms with Crippen LogP contribution in [0, 0.1) is 29.1 Å². The lowest BCUT2D eigenvalue weighted by atomic mass is 9.68. The number of methoxy groups -OCH3 is 2. The third kappa shape index (κ3) is 3.52. The summed E-state index contributed by atoms with van der Waals surface area (Å²) < 4.78 is 9.67. The van der Waals surface area contributed by atoms with Gasteiger partial charge in [0.15, 0.2) is 0 Å². The maximum atomic E-state index is 12.0. The van der Waals surface area contributed by atoms with Crippen LogP contribution in [0.2, 0.25) is 0 Å². The highest BCUT2D eigenvalue weighted by Gasteiger charge is 2.44. The van der Waals surface area contributed by atoms with E-state index in [1.807, 2.05) is 0 Å². The molecule has 1 aliphatic carbocycles. The molecule has 0 aromatic rings. The van der Waals surface area contributed by atoms with Crippen molar-refractivity contribution < 1.29 is 19.1 Å². The van der Waals surface area contributed by atoms with E-state index in [1.165, 1.54) is 19.1 Å². The molecule has 0 radical (unpaired) electrons. The second-order valence-electron chi connectivity index (χ2n) is 6.29. The molecule has 0 spiro atoms. The molecule has 6 nitrogen and oxygen atoms in total. The molecule has 122 valence electrons. The predicted molar refractivity (Wildman–Crippen MR) is 78.7 cm³/mol. The average Bonchev–Trinajstić information content (AvgIpc) is 2.57. The number of esters is 1. The number of nitriles is 1. The minimum absolute atomic E-state index is 0.372. The monoisotopic (exact) mass is 308 g/mol. The molecule has 1 saturated heterocycles. The van der Waals surface area contributed by atoms with Crippen molar-refractivity contribution in [2.75, 3.05) is 20.8 Å². The summed E-state index contributed by atoms with van der Waals surface area (Å²) in [7, 11) is 2.68. The first-order chi connectivity index (χ1) is 10.6. The van der Waals surface area contributed by atoms with Crippen LogP contribution in [0.25, 0.3) is 0 Å². The highest BCUT2D eigenvalue weighted by atomic mass is 16.5. The van der Waals surface area contributed by atoms with Gasteiger partial charge in [0.25, 0.3) is 0 Å². The van der Waals surface area contributed by atoms with Crippen LogP contribution in [0.3, 0.4) is 0 Å². The highest BCUT2D eigenvalue weighted by Crippen LogP contribution is 2.42. The van der Waals surface area contributed by atoms with Crippen LogP contribution in [0.1, 0.15) is 38.5 Å². The minimum Gasteiger partial charge on any atom is -0.467 e. The van der Waals surface area contributed by atoms with Gasteiger partial charge in [-0.2, -0.15) is 5.26 Å². The lowest BCUT2D eigenvalue weighted by Gasteiger charge is -2.46. The zero-order valence-electron chi connectivity index (χ0n) is 13.3. The first-order valence-corrected chi connectivity index (χ1v) is 7.90. The Balaban J connectivity index is 2.06. The van der Waals surface area contributed by atoms with Gasteiger partial charge >= 0.3 is 12.1 Å². The van der Waals surface area contributed by atoms with Crippen LogP contribution in [0.4, 0.5) is 4.79 Å². The van der Waals surface area contributed by atoms with Gasteiger partial charge < -0.3 is 9.47 Å². The fourth-order valence-electron chi connectivity index (χ4n) is 3.96. The number of likely N-dealkylation sites (tertiary alicyclic amines) is 1. The van der Waals surface area contributed by atoms with Gasteiger partial charge in [0.2, 0.25) is 0 Å². The summed E-state index contributed by atoms with van der Waals surface area (Å²) in [6, 6.07) is 1.66. The lowest BCUT2D eigenvalue weighted by molar-refractivity contribution is -0.149. The van der Waals surface area contributed by atoms with Crippen LogP contribution in [-0.4, -0.2) is 43.8 Å². The Morgan fingerprint density at radius 3 is 2.59 bits per heavy atom. The van der Waals surface area contributed by atoms with Gasteiger partial charge in [0, 0.05) is 13.0 Å². The topological polar surface area (TPSA) is 79.6 Å². The Labute approximate surface area is 131 Å². The van der Waals surface area contributed by atoms with E-state index in [2.05, 4.69) is 6.07 Å². The van der Waals surface area contributed by atoms with Crippen molar-refractivity contribution in [1.29, 1.82) is 5.26 Å². The summed E-state index contributed by atoms with van der Waals surface area (Å²) in [5.74, 6) is 1.02. The van der Waals surface area contributed by atoms with E-state index in [4.69, 9.17) is 14.7 Å². The maximum Gasteiger partial charge on any atom is 0.410 e. The van der Waals surface area contributed by atoms with E-state index in [1.54, 1.807) is 0 Å². The second kappa shape index (κ2) is 7.48. The Hall–Kier alpha value is -1.77. The molecule has 6 heteroatoms. The number of fused-ring (bicyclic) bond motifs is 1. The van der Waals surface area contributed by atoms with E-state index < -0.39 is 12.1 Å². The van der Waals surface area contributed by atoms with Crippen LogP contribution in [-0.2, 0) is 14.3 Å². The van der Waals surface area contributed by atoms with Crippen molar-refractivity contribution in [3.05, 3.63) is 0 Å². The van der Waals surface area contributed by atoms with Gasteiger partial charge in [-0.25, -0.2) is 9.59 Å². The number of ether oxygens (including phenoxy) is 2. The summed E-state index contributed by atoms with van der Waals surface area (Å²) in [5, 5.41) is 8.73. The van der Waals surface area contributed by atoms with Crippen LogP contribution in [0.5, 0.6) is 0 Å². The van der Waals surface area contributed by atoms with Crippen molar-refractivity contribution in [1.82, 2.24) is 4.90 Å². The summed E-state index contributed by atoms with van der Waals surface area (Å²) in [6.07, 6.45) is 4.88. The zero-order valence-corrected chi connectivity index (χ0v) is 13.3. The first-order valence-electron chi connectivity index (χ1n) is 7.90. The number of rotatable bonds is 3. The largest absolute Gasteiger partial charge is 0.467 e. The van der Waals surface area contributed by atoms with E-state index >= 15 is 0 Å². The molecule has 0 aromatic carbocycles. The van der Waals surface area contributed by atoms with E-state index in [-0.39, 0.29) is 5.97 Å². The molecule has 1 saturated carbocycles. The standard InChI is InChI=1S/C16H24N2O4/c1-21-15(19)14-9-13-8-11(4-3-7-17)5-6-12(13)10-18(14)16(20)22-2/h11-14H,3-6,8-10H2,1-2H3/t11-,12-,13+,14-/m0/s1. The van der Waals surface area contributed by atoms with Crippen molar-refractivity contribution >= 4 is 12.1 Å². The smallest absolute Gasteiger partial charge is 0.410 e. The molecule has 2 rings (SSSR count). The van der Waals surface area contributed by atoms with Crippen molar-refractivity contribution in [3.63, 3.8) is 0 Å². The maximum absolute atomic E-state index is 12.0. The Morgan fingerprint density at radius 1 is 1.18 bits per heavy atom. The molecular weight excluding hydrogens is 284 g/mol. The highest BCUT2D eigenvalue weighted by molar-refractivity contribution is 5.81. The van der Waals surface area contributed by atoms with E-state index in [0.717, 1.165) is 25.7 Å². The molecular formula is C16H24N2O4. The van der Waals surface area contributed by atoms with Gasteiger partial charge in [0.05, 0.1) is 20.3 Å². The molecule has 0 unspecified atom stereocenters. The third-order valence-corrected chi connectivity index (χ3v) is 5.13. The Morgan fingerprint density at radius 2 is 1.95 bits per heavy atom. The fourth-order valence-corrected chi connectivity index (χ4v) is 3.96. The Bertz CT molecular complexity index is 460. The predicted octanol–water partition coefficient (Wildman–Crippen LogP) is 2.34. The molecule has 4 atom stereocenters. The van der Waals surface area contributed by atoms with E-state index in [9.17, 15) is 9.59 Å². The molecule has 1 heterocycles. The SMILES string of the molecule is COC(=O)[C@@H]1C[C@H]2C[C@@H](CCC#N)CC[C@H]2CN1C(=O)OC. The van der Waals surface area contributed by atoms with Gasteiger partial charge in [-0.3, -0.25) is 4.90 Å². The van der Waals surface area contributed by atoms with Crippen molar-refractivity contribution in [2.24, 2.45) is 17.8 Å². The molecule has 22 heavy (non-hydrogen) atoms. The zero-order chi connectivity index (χ0) is 16.1. The average molecular weight is 308 g/mol.